The maximum Gasteiger partial charge on any atom is 0.267 e. The number of methoxy groups -OCH3 is 1. The first-order valence-electron chi connectivity index (χ1n) is 9.81. The minimum atomic E-state index is -0.158. The second-order valence-electron chi connectivity index (χ2n) is 7.02. The number of benzene rings is 3. The number of hydrogen-bond acceptors (Lipinski definition) is 4. The molecule has 1 aliphatic heterocycles. The number of aliphatic imine (C=N–C) groups is 1. The molecule has 0 saturated carbocycles. The molecule has 1 saturated heterocycles. The van der Waals surface area contributed by atoms with Crippen molar-refractivity contribution in [3.63, 3.8) is 0 Å². The predicted octanol–water partition coefficient (Wildman–Crippen LogP) is 6.71. The van der Waals surface area contributed by atoms with E-state index in [1.807, 2.05) is 91.9 Å². The van der Waals surface area contributed by atoms with E-state index in [1.54, 1.807) is 12.0 Å². The van der Waals surface area contributed by atoms with E-state index >= 15 is 0 Å². The quantitative estimate of drug-likeness (QED) is 0.407. The minimum absolute atomic E-state index is 0.0661. The van der Waals surface area contributed by atoms with Crippen LogP contribution in [0.15, 0.2) is 88.8 Å². The van der Waals surface area contributed by atoms with Crippen molar-refractivity contribution >= 4 is 46.2 Å². The van der Waals surface area contributed by atoms with Gasteiger partial charge in [0.1, 0.15) is 5.75 Å². The van der Waals surface area contributed by atoms with E-state index in [1.165, 1.54) is 11.8 Å². The maximum absolute atomic E-state index is 13.4. The normalized spacial score (nSPS) is 17.4. The third-order valence-corrected chi connectivity index (χ3v) is 6.21. The SMILES string of the molecule is COc1ccc(N=C2S/C(=C/c3ccc(Cl)cc3)C(=O)N2[C@@H](C)c2ccccc2)cc1. The number of hydrogen-bond donors (Lipinski definition) is 0. The van der Waals surface area contributed by atoms with Gasteiger partial charge < -0.3 is 4.74 Å². The molecule has 1 atom stereocenters. The number of carbonyl (C=O) groups excluding carboxylic acids is 1. The fraction of sp³-hybridized carbons (Fsp3) is 0.120. The number of carbonyl (C=O) groups is 1. The third kappa shape index (κ3) is 4.84. The molecule has 3 aromatic carbocycles. The Kier molecular flexibility index (Phi) is 6.44. The van der Waals surface area contributed by atoms with Crippen molar-refractivity contribution in [2.24, 2.45) is 4.99 Å². The molecule has 0 spiro atoms. The Morgan fingerprint density at radius 2 is 1.68 bits per heavy atom. The highest BCUT2D eigenvalue weighted by molar-refractivity contribution is 8.18. The summed E-state index contributed by atoms with van der Waals surface area (Å²) < 4.78 is 5.23. The smallest absolute Gasteiger partial charge is 0.267 e. The summed E-state index contributed by atoms with van der Waals surface area (Å²) in [5.41, 5.74) is 2.72. The molecule has 0 unspecified atom stereocenters. The lowest BCUT2D eigenvalue weighted by atomic mass is 10.1. The van der Waals surface area contributed by atoms with Gasteiger partial charge in [0, 0.05) is 5.02 Å². The summed E-state index contributed by atoms with van der Waals surface area (Å²) in [6, 6.07) is 24.7. The zero-order valence-corrected chi connectivity index (χ0v) is 18.7. The van der Waals surface area contributed by atoms with Gasteiger partial charge in [0.05, 0.1) is 23.7 Å². The lowest BCUT2D eigenvalue weighted by molar-refractivity contribution is -0.123. The van der Waals surface area contributed by atoms with Gasteiger partial charge in [0.15, 0.2) is 5.17 Å². The van der Waals surface area contributed by atoms with Gasteiger partial charge in [0.25, 0.3) is 5.91 Å². The molecule has 1 amide bonds. The first kappa shape index (κ1) is 21.2. The molecule has 6 heteroatoms. The molecule has 3 aromatic rings. The highest BCUT2D eigenvalue weighted by Crippen LogP contribution is 2.39. The van der Waals surface area contributed by atoms with E-state index in [9.17, 15) is 4.79 Å². The standard InChI is InChI=1S/C25H21ClN2O2S/c1-17(19-6-4-3-5-7-19)28-24(29)23(16-18-8-10-20(26)11-9-18)31-25(28)27-21-12-14-22(30-2)15-13-21/h3-17H,1-2H3/b23-16+,27-25?/t17-/m0/s1. The summed E-state index contributed by atoms with van der Waals surface area (Å²) in [6.07, 6.45) is 1.88. The first-order valence-corrected chi connectivity index (χ1v) is 11.0. The highest BCUT2D eigenvalue weighted by atomic mass is 35.5. The van der Waals surface area contributed by atoms with Gasteiger partial charge in [-0.3, -0.25) is 9.69 Å². The Morgan fingerprint density at radius 1 is 1.00 bits per heavy atom. The second-order valence-corrected chi connectivity index (χ2v) is 8.46. The van der Waals surface area contributed by atoms with Gasteiger partial charge in [-0.25, -0.2) is 4.99 Å². The predicted molar refractivity (Wildman–Crippen MR) is 129 cm³/mol. The first-order chi connectivity index (χ1) is 15.0. The fourth-order valence-corrected chi connectivity index (χ4v) is 4.46. The number of ether oxygens (including phenoxy) is 1. The van der Waals surface area contributed by atoms with Crippen LogP contribution < -0.4 is 4.74 Å². The van der Waals surface area contributed by atoms with Crippen molar-refractivity contribution < 1.29 is 9.53 Å². The number of amidine groups is 1. The van der Waals surface area contributed by atoms with Crippen LogP contribution in [0.25, 0.3) is 6.08 Å². The van der Waals surface area contributed by atoms with Gasteiger partial charge in [-0.15, -0.1) is 0 Å². The molecule has 1 heterocycles. The Labute approximate surface area is 191 Å². The summed E-state index contributed by atoms with van der Waals surface area (Å²) in [6.45, 7) is 2.02. The number of thioether (sulfide) groups is 1. The molecule has 4 nitrogen and oxygen atoms in total. The zero-order valence-electron chi connectivity index (χ0n) is 17.2. The van der Waals surface area contributed by atoms with E-state index in [4.69, 9.17) is 21.3 Å². The number of halogens is 1. The molecule has 0 aliphatic carbocycles. The minimum Gasteiger partial charge on any atom is -0.497 e. The molecular formula is C25H21ClN2O2S. The van der Waals surface area contributed by atoms with Crippen molar-refractivity contribution in [2.75, 3.05) is 7.11 Å². The van der Waals surface area contributed by atoms with Crippen LogP contribution in [0.4, 0.5) is 5.69 Å². The van der Waals surface area contributed by atoms with Gasteiger partial charge in [-0.1, -0.05) is 54.1 Å². The molecule has 156 valence electrons. The maximum atomic E-state index is 13.4. The molecule has 4 rings (SSSR count). The molecule has 1 aliphatic rings. The van der Waals surface area contributed by atoms with Crippen molar-refractivity contribution in [3.05, 3.63) is 99.9 Å². The number of rotatable bonds is 5. The molecule has 0 N–H and O–H groups in total. The average molecular weight is 449 g/mol. The lowest BCUT2D eigenvalue weighted by Gasteiger charge is -2.24. The van der Waals surface area contributed by atoms with Gasteiger partial charge in [-0.2, -0.15) is 0 Å². The summed E-state index contributed by atoms with van der Waals surface area (Å²) >= 11 is 7.37. The summed E-state index contributed by atoms with van der Waals surface area (Å²) in [5.74, 6) is 0.695. The molecule has 1 fully saturated rings. The van der Waals surface area contributed by atoms with E-state index in [-0.39, 0.29) is 11.9 Å². The Morgan fingerprint density at radius 3 is 2.32 bits per heavy atom. The number of nitrogens with zero attached hydrogens (tertiary/aromatic N) is 2. The molecule has 0 aromatic heterocycles. The number of amides is 1. The largest absolute Gasteiger partial charge is 0.497 e. The molecule has 0 bridgehead atoms. The van der Waals surface area contributed by atoms with Crippen molar-refractivity contribution in [1.82, 2.24) is 4.90 Å². The monoisotopic (exact) mass is 448 g/mol. The summed E-state index contributed by atoms with van der Waals surface area (Å²) in [4.78, 5) is 20.6. The second kappa shape index (κ2) is 9.41. The Hall–Kier alpha value is -3.02. The van der Waals surface area contributed by atoms with Crippen molar-refractivity contribution in [1.29, 1.82) is 0 Å². The van der Waals surface area contributed by atoms with Gasteiger partial charge >= 0.3 is 0 Å². The Bertz CT molecular complexity index is 1130. The van der Waals surface area contributed by atoms with Crippen LogP contribution in [0.5, 0.6) is 5.75 Å². The van der Waals surface area contributed by atoms with E-state index < -0.39 is 0 Å². The van der Waals surface area contributed by atoms with E-state index in [2.05, 4.69) is 0 Å². The van der Waals surface area contributed by atoms with Crippen LogP contribution in [0, 0.1) is 0 Å². The van der Waals surface area contributed by atoms with E-state index in [0.29, 0.717) is 15.1 Å². The fourth-order valence-electron chi connectivity index (χ4n) is 3.26. The summed E-state index contributed by atoms with van der Waals surface area (Å²) in [7, 11) is 1.63. The van der Waals surface area contributed by atoms with Crippen molar-refractivity contribution in [2.45, 2.75) is 13.0 Å². The average Bonchev–Trinajstić information content (AvgIpc) is 3.10. The van der Waals surface area contributed by atoms with Crippen molar-refractivity contribution in [3.8, 4) is 5.75 Å². The van der Waals surface area contributed by atoms with Gasteiger partial charge in [0.2, 0.25) is 0 Å². The van der Waals surface area contributed by atoms with Crippen LogP contribution in [0.3, 0.4) is 0 Å². The topological polar surface area (TPSA) is 41.9 Å². The molecule has 31 heavy (non-hydrogen) atoms. The molecular weight excluding hydrogens is 428 g/mol. The Balaban J connectivity index is 1.72. The lowest BCUT2D eigenvalue weighted by Crippen LogP contribution is -2.32. The van der Waals surface area contributed by atoms with Crippen LogP contribution in [0.1, 0.15) is 24.1 Å². The van der Waals surface area contributed by atoms with Crippen LogP contribution >= 0.6 is 23.4 Å². The van der Waals surface area contributed by atoms with Crippen LogP contribution in [-0.4, -0.2) is 23.1 Å². The van der Waals surface area contributed by atoms with E-state index in [0.717, 1.165) is 22.6 Å². The van der Waals surface area contributed by atoms with Crippen LogP contribution in [-0.2, 0) is 4.79 Å². The molecule has 0 radical (unpaired) electrons. The zero-order chi connectivity index (χ0) is 21.8. The van der Waals surface area contributed by atoms with Gasteiger partial charge in [-0.05, 0) is 72.3 Å². The third-order valence-electron chi connectivity index (χ3n) is 4.97. The summed E-state index contributed by atoms with van der Waals surface area (Å²) in [5, 5.41) is 1.31. The van der Waals surface area contributed by atoms with Crippen LogP contribution in [0.2, 0.25) is 5.02 Å². The highest BCUT2D eigenvalue weighted by Gasteiger charge is 2.37.